The van der Waals surface area contributed by atoms with Crippen LogP contribution in [0.2, 0.25) is 0 Å². The molecule has 0 atom stereocenters. The van der Waals surface area contributed by atoms with E-state index in [-0.39, 0.29) is 11.7 Å². The zero-order valence-electron chi connectivity index (χ0n) is 10.8. The fourth-order valence-electron chi connectivity index (χ4n) is 1.51. The molecule has 0 saturated heterocycles. The van der Waals surface area contributed by atoms with Gasteiger partial charge in [0.15, 0.2) is 5.76 Å². The number of para-hydroxylation sites is 1. The Bertz CT molecular complexity index is 593. The number of furan rings is 1. The van der Waals surface area contributed by atoms with Crippen molar-refractivity contribution >= 4 is 5.91 Å². The second-order valence-corrected chi connectivity index (χ2v) is 4.15. The summed E-state index contributed by atoms with van der Waals surface area (Å²) in [7, 11) is 0. The van der Waals surface area contributed by atoms with E-state index in [2.05, 4.69) is 5.32 Å². The molecule has 1 heterocycles. The van der Waals surface area contributed by atoms with Crippen LogP contribution in [0.3, 0.4) is 0 Å². The first-order valence-corrected chi connectivity index (χ1v) is 6.12. The van der Waals surface area contributed by atoms with Crippen LogP contribution >= 0.6 is 0 Å². The number of alkyl halides is 3. The highest BCUT2D eigenvalue weighted by Gasteiger charge is 2.26. The second-order valence-electron chi connectivity index (χ2n) is 4.15. The molecule has 0 aliphatic rings. The molecule has 1 aromatic carbocycles. The minimum atomic E-state index is -4.31. The van der Waals surface area contributed by atoms with Crippen LogP contribution in [0.5, 0.6) is 11.7 Å². The average Bonchev–Trinajstić information content (AvgIpc) is 2.87. The highest BCUT2D eigenvalue weighted by atomic mass is 19.4. The van der Waals surface area contributed by atoms with Gasteiger partial charge in [-0.25, -0.2) is 0 Å². The third kappa shape index (κ3) is 4.87. The van der Waals surface area contributed by atoms with Gasteiger partial charge in [0.1, 0.15) is 5.75 Å². The maximum atomic E-state index is 12.0. The van der Waals surface area contributed by atoms with Gasteiger partial charge in [-0.2, -0.15) is 13.2 Å². The molecule has 0 aliphatic heterocycles. The van der Waals surface area contributed by atoms with Gasteiger partial charge in [0.2, 0.25) is 0 Å². The number of carbonyl (C=O) groups excluding carboxylic acids is 1. The smallest absolute Gasteiger partial charge is 0.390 e. The van der Waals surface area contributed by atoms with Gasteiger partial charge in [-0.1, -0.05) is 18.2 Å². The second kappa shape index (κ2) is 6.34. The lowest BCUT2D eigenvalue weighted by atomic mass is 10.3. The molecule has 21 heavy (non-hydrogen) atoms. The normalized spacial score (nSPS) is 11.2. The summed E-state index contributed by atoms with van der Waals surface area (Å²) >= 11 is 0. The highest BCUT2D eigenvalue weighted by molar-refractivity contribution is 5.91. The Balaban J connectivity index is 1.89. The largest absolute Gasteiger partial charge is 0.426 e. The summed E-state index contributed by atoms with van der Waals surface area (Å²) in [6, 6.07) is 11.5. The van der Waals surface area contributed by atoms with Crippen molar-refractivity contribution in [1.29, 1.82) is 0 Å². The molecule has 1 N–H and O–H groups in total. The summed E-state index contributed by atoms with van der Waals surface area (Å²) in [5.74, 6) is -0.219. The van der Waals surface area contributed by atoms with Crippen LogP contribution in [-0.2, 0) is 0 Å². The first kappa shape index (κ1) is 15.0. The van der Waals surface area contributed by atoms with Gasteiger partial charge in [-0.3, -0.25) is 4.79 Å². The van der Waals surface area contributed by atoms with E-state index in [1.165, 1.54) is 12.1 Å². The van der Waals surface area contributed by atoms with E-state index in [1.54, 1.807) is 24.3 Å². The molecule has 0 fully saturated rings. The summed E-state index contributed by atoms with van der Waals surface area (Å²) in [5.41, 5.74) is 0. The van der Waals surface area contributed by atoms with Crippen molar-refractivity contribution in [3.63, 3.8) is 0 Å². The molecular formula is C14H12F3NO3. The number of rotatable bonds is 5. The van der Waals surface area contributed by atoms with Crippen LogP contribution in [-0.4, -0.2) is 18.6 Å². The first-order chi connectivity index (χ1) is 9.94. The summed E-state index contributed by atoms with van der Waals surface area (Å²) in [6.07, 6.45) is -5.40. The predicted molar refractivity (Wildman–Crippen MR) is 68.2 cm³/mol. The lowest BCUT2D eigenvalue weighted by Gasteiger charge is -2.06. The van der Waals surface area contributed by atoms with Gasteiger partial charge in [0, 0.05) is 12.6 Å². The Morgan fingerprint density at radius 3 is 2.52 bits per heavy atom. The maximum absolute atomic E-state index is 12.0. The van der Waals surface area contributed by atoms with E-state index >= 15 is 0 Å². The minimum absolute atomic E-state index is 0.0853. The summed E-state index contributed by atoms with van der Waals surface area (Å²) in [6.45, 7) is -0.502. The zero-order chi connectivity index (χ0) is 15.3. The van der Waals surface area contributed by atoms with E-state index in [9.17, 15) is 18.0 Å². The third-order valence-corrected chi connectivity index (χ3v) is 2.46. The molecule has 2 aromatic rings. The molecule has 0 bridgehead atoms. The number of carbonyl (C=O) groups is 1. The van der Waals surface area contributed by atoms with Crippen LogP contribution in [0.4, 0.5) is 13.2 Å². The van der Waals surface area contributed by atoms with Crippen LogP contribution in [0.1, 0.15) is 17.0 Å². The molecule has 7 heteroatoms. The fourth-order valence-corrected chi connectivity index (χ4v) is 1.51. The van der Waals surface area contributed by atoms with Crippen molar-refractivity contribution in [3.8, 4) is 11.7 Å². The van der Waals surface area contributed by atoms with E-state index in [0.717, 1.165) is 0 Å². The van der Waals surface area contributed by atoms with Crippen LogP contribution in [0.15, 0.2) is 46.9 Å². The Labute approximate surface area is 118 Å². The Hall–Kier alpha value is -2.44. The van der Waals surface area contributed by atoms with E-state index in [4.69, 9.17) is 9.15 Å². The molecule has 2 rings (SSSR count). The molecule has 1 aromatic heterocycles. The van der Waals surface area contributed by atoms with Crippen molar-refractivity contribution in [3.05, 3.63) is 48.2 Å². The third-order valence-electron chi connectivity index (χ3n) is 2.46. The summed E-state index contributed by atoms with van der Waals surface area (Å²) < 4.78 is 46.3. The monoisotopic (exact) mass is 299 g/mol. The molecule has 4 nitrogen and oxygen atoms in total. The number of benzene rings is 1. The van der Waals surface area contributed by atoms with Crippen LogP contribution in [0.25, 0.3) is 0 Å². The molecule has 0 aliphatic carbocycles. The van der Waals surface area contributed by atoms with Crippen molar-refractivity contribution in [2.24, 2.45) is 0 Å². The molecule has 0 spiro atoms. The topological polar surface area (TPSA) is 51.5 Å². The number of hydrogen-bond acceptors (Lipinski definition) is 3. The van der Waals surface area contributed by atoms with Gasteiger partial charge in [-0.15, -0.1) is 0 Å². The van der Waals surface area contributed by atoms with E-state index in [1.807, 2.05) is 6.07 Å². The summed E-state index contributed by atoms with van der Waals surface area (Å²) in [5, 5.41) is 2.12. The van der Waals surface area contributed by atoms with Crippen molar-refractivity contribution in [1.82, 2.24) is 5.32 Å². The van der Waals surface area contributed by atoms with Crippen molar-refractivity contribution in [2.45, 2.75) is 12.6 Å². The minimum Gasteiger partial charge on any atom is -0.426 e. The Morgan fingerprint density at radius 2 is 1.86 bits per heavy atom. The van der Waals surface area contributed by atoms with Crippen LogP contribution in [0, 0.1) is 0 Å². The number of nitrogens with one attached hydrogen (secondary N) is 1. The molecular weight excluding hydrogens is 287 g/mol. The predicted octanol–water partition coefficient (Wildman–Crippen LogP) is 3.75. The molecule has 0 unspecified atom stereocenters. The summed E-state index contributed by atoms with van der Waals surface area (Å²) in [4.78, 5) is 11.6. The van der Waals surface area contributed by atoms with Gasteiger partial charge < -0.3 is 14.5 Å². The molecule has 0 saturated carbocycles. The fraction of sp³-hybridized carbons (Fsp3) is 0.214. The maximum Gasteiger partial charge on any atom is 0.390 e. The highest BCUT2D eigenvalue weighted by Crippen LogP contribution is 2.23. The quantitative estimate of drug-likeness (QED) is 0.914. The molecule has 1 amide bonds. The van der Waals surface area contributed by atoms with Crippen molar-refractivity contribution in [2.75, 3.05) is 6.54 Å². The van der Waals surface area contributed by atoms with E-state index in [0.29, 0.717) is 5.75 Å². The first-order valence-electron chi connectivity index (χ1n) is 6.12. The number of ether oxygens (including phenoxy) is 1. The van der Waals surface area contributed by atoms with Gasteiger partial charge in [0.05, 0.1) is 6.42 Å². The lowest BCUT2D eigenvalue weighted by molar-refractivity contribution is -0.133. The Morgan fingerprint density at radius 1 is 1.14 bits per heavy atom. The van der Waals surface area contributed by atoms with E-state index < -0.39 is 25.0 Å². The standard InChI is InChI=1S/C14H12F3NO3/c15-14(16,17)8-9-18-13(19)11-6-7-12(21-11)20-10-4-2-1-3-5-10/h1-7H,8-9H2,(H,18,19). The molecule has 112 valence electrons. The number of hydrogen-bond donors (Lipinski definition) is 1. The van der Waals surface area contributed by atoms with Gasteiger partial charge in [0.25, 0.3) is 11.9 Å². The number of halogens is 3. The number of amides is 1. The SMILES string of the molecule is O=C(NCCC(F)(F)F)c1ccc(Oc2ccccc2)o1. The zero-order valence-corrected chi connectivity index (χ0v) is 10.8. The van der Waals surface area contributed by atoms with Crippen molar-refractivity contribution < 1.29 is 27.1 Å². The average molecular weight is 299 g/mol. The van der Waals surface area contributed by atoms with Crippen LogP contribution < -0.4 is 10.1 Å². The Kier molecular flexibility index (Phi) is 4.52. The van der Waals surface area contributed by atoms with Gasteiger partial charge in [-0.05, 0) is 18.2 Å². The lowest BCUT2D eigenvalue weighted by Crippen LogP contribution is -2.27. The van der Waals surface area contributed by atoms with Gasteiger partial charge >= 0.3 is 6.18 Å². The molecule has 0 radical (unpaired) electrons.